The van der Waals surface area contributed by atoms with Gasteiger partial charge in [-0.2, -0.15) is 5.10 Å². The maximum Gasteiger partial charge on any atom is 0.278 e. The molecule has 0 aliphatic heterocycles. The zero-order valence-electron chi connectivity index (χ0n) is 11.0. The van der Waals surface area contributed by atoms with Gasteiger partial charge in [0.15, 0.2) is 5.75 Å². The van der Waals surface area contributed by atoms with Crippen molar-refractivity contribution in [2.45, 2.75) is 13.8 Å². The molecule has 2 aromatic rings. The fraction of sp³-hybridized carbons (Fsp3) is 0.286. The van der Waals surface area contributed by atoms with Gasteiger partial charge in [-0.25, -0.2) is 4.68 Å². The normalized spacial score (nSPS) is 10.4. The van der Waals surface area contributed by atoms with Crippen LogP contribution in [-0.2, 0) is 7.05 Å². The van der Waals surface area contributed by atoms with E-state index in [0.717, 1.165) is 11.1 Å². The molecule has 0 saturated heterocycles. The Balaban J connectivity index is 2.86. The third-order valence-corrected chi connectivity index (χ3v) is 2.98. The molecule has 0 aliphatic carbocycles. The van der Waals surface area contributed by atoms with E-state index in [4.69, 9.17) is 4.74 Å². The van der Waals surface area contributed by atoms with Crippen LogP contribution in [0.5, 0.6) is 5.75 Å². The van der Waals surface area contributed by atoms with E-state index < -0.39 is 0 Å². The van der Waals surface area contributed by atoms with Gasteiger partial charge >= 0.3 is 0 Å². The van der Waals surface area contributed by atoms with Gasteiger partial charge in [0.1, 0.15) is 5.69 Å². The minimum absolute atomic E-state index is 0.147. The van der Waals surface area contributed by atoms with Crippen molar-refractivity contribution >= 4 is 0 Å². The van der Waals surface area contributed by atoms with E-state index in [1.807, 2.05) is 38.1 Å². The van der Waals surface area contributed by atoms with E-state index in [9.17, 15) is 4.79 Å². The standard InChI is InChI=1S/C14H16N2O2/c1-9-7-5-6-8-11(9)12-13(18-4)10(2)15-16(3)14(12)17/h5-8H,1-4H3. The Morgan fingerprint density at radius 2 is 1.89 bits per heavy atom. The molecule has 2 rings (SSSR count). The van der Waals surface area contributed by atoms with E-state index in [-0.39, 0.29) is 5.56 Å². The number of nitrogens with zero attached hydrogens (tertiary/aromatic N) is 2. The summed E-state index contributed by atoms with van der Waals surface area (Å²) in [5.74, 6) is 0.549. The topological polar surface area (TPSA) is 44.1 Å². The van der Waals surface area contributed by atoms with Gasteiger partial charge in [-0.3, -0.25) is 4.79 Å². The van der Waals surface area contributed by atoms with Gasteiger partial charge in [-0.1, -0.05) is 24.3 Å². The smallest absolute Gasteiger partial charge is 0.278 e. The number of methoxy groups -OCH3 is 1. The maximum atomic E-state index is 12.3. The number of rotatable bonds is 2. The highest BCUT2D eigenvalue weighted by atomic mass is 16.5. The lowest BCUT2D eigenvalue weighted by atomic mass is 10.0. The summed E-state index contributed by atoms with van der Waals surface area (Å²) in [6, 6.07) is 7.76. The van der Waals surface area contributed by atoms with E-state index in [1.165, 1.54) is 4.68 Å². The minimum atomic E-state index is -0.147. The second-order valence-electron chi connectivity index (χ2n) is 4.24. The van der Waals surface area contributed by atoms with Crippen LogP contribution >= 0.6 is 0 Å². The number of hydrogen-bond acceptors (Lipinski definition) is 3. The predicted molar refractivity (Wildman–Crippen MR) is 70.9 cm³/mol. The Hall–Kier alpha value is -2.10. The monoisotopic (exact) mass is 244 g/mol. The number of ether oxygens (including phenoxy) is 1. The maximum absolute atomic E-state index is 12.3. The molecule has 0 saturated carbocycles. The molecule has 18 heavy (non-hydrogen) atoms. The fourth-order valence-corrected chi connectivity index (χ4v) is 2.10. The predicted octanol–water partition coefficient (Wildman–Crippen LogP) is 2.07. The molecule has 0 atom stereocenters. The Morgan fingerprint density at radius 3 is 2.50 bits per heavy atom. The van der Waals surface area contributed by atoms with Crippen molar-refractivity contribution in [1.82, 2.24) is 9.78 Å². The first-order chi connectivity index (χ1) is 8.56. The van der Waals surface area contributed by atoms with Crippen LogP contribution in [0.2, 0.25) is 0 Å². The highest BCUT2D eigenvalue weighted by Crippen LogP contribution is 2.30. The summed E-state index contributed by atoms with van der Waals surface area (Å²) in [5, 5.41) is 4.14. The quantitative estimate of drug-likeness (QED) is 0.812. The van der Waals surface area contributed by atoms with Crippen LogP contribution in [0.3, 0.4) is 0 Å². The molecule has 1 aromatic carbocycles. The van der Waals surface area contributed by atoms with Crippen LogP contribution in [0.4, 0.5) is 0 Å². The summed E-state index contributed by atoms with van der Waals surface area (Å²) in [4.78, 5) is 12.3. The zero-order valence-corrected chi connectivity index (χ0v) is 11.0. The summed E-state index contributed by atoms with van der Waals surface area (Å²) in [5.41, 5.74) is 3.06. The molecular weight excluding hydrogens is 228 g/mol. The second kappa shape index (κ2) is 4.64. The van der Waals surface area contributed by atoms with E-state index in [0.29, 0.717) is 17.0 Å². The lowest BCUT2D eigenvalue weighted by molar-refractivity contribution is 0.405. The number of aromatic nitrogens is 2. The molecule has 1 heterocycles. The van der Waals surface area contributed by atoms with E-state index in [2.05, 4.69) is 5.10 Å². The van der Waals surface area contributed by atoms with Gasteiger partial charge in [0.2, 0.25) is 0 Å². The van der Waals surface area contributed by atoms with Crippen LogP contribution in [0.25, 0.3) is 11.1 Å². The molecule has 0 aliphatic rings. The zero-order chi connectivity index (χ0) is 13.3. The molecule has 94 valence electrons. The average Bonchev–Trinajstić information content (AvgIpc) is 2.34. The molecule has 0 fully saturated rings. The van der Waals surface area contributed by atoms with Crippen LogP contribution in [-0.4, -0.2) is 16.9 Å². The summed E-state index contributed by atoms with van der Waals surface area (Å²) in [7, 11) is 3.21. The Morgan fingerprint density at radius 1 is 1.22 bits per heavy atom. The Labute approximate surface area is 106 Å². The lowest BCUT2D eigenvalue weighted by Gasteiger charge is -2.13. The Kier molecular flexibility index (Phi) is 3.19. The molecule has 1 aromatic heterocycles. The SMILES string of the molecule is COc1c(C)nn(C)c(=O)c1-c1ccccc1C. The van der Waals surface area contributed by atoms with Gasteiger partial charge < -0.3 is 4.74 Å². The van der Waals surface area contributed by atoms with Crippen LogP contribution in [0.15, 0.2) is 29.1 Å². The number of hydrogen-bond donors (Lipinski definition) is 0. The summed E-state index contributed by atoms with van der Waals surface area (Å²) in [6.45, 7) is 3.81. The van der Waals surface area contributed by atoms with Crippen LogP contribution in [0.1, 0.15) is 11.3 Å². The highest BCUT2D eigenvalue weighted by Gasteiger charge is 2.17. The third kappa shape index (κ3) is 1.90. The molecule has 4 nitrogen and oxygen atoms in total. The first-order valence-electron chi connectivity index (χ1n) is 5.74. The van der Waals surface area contributed by atoms with Crippen molar-refractivity contribution < 1.29 is 4.74 Å². The first kappa shape index (κ1) is 12.4. The van der Waals surface area contributed by atoms with E-state index >= 15 is 0 Å². The second-order valence-corrected chi connectivity index (χ2v) is 4.24. The molecule has 0 spiro atoms. The van der Waals surface area contributed by atoms with Gasteiger partial charge in [-0.05, 0) is 25.0 Å². The molecule has 0 bridgehead atoms. The minimum Gasteiger partial charge on any atom is -0.494 e. The first-order valence-corrected chi connectivity index (χ1v) is 5.74. The van der Waals surface area contributed by atoms with Crippen molar-refractivity contribution in [2.24, 2.45) is 7.05 Å². The number of aryl methyl sites for hydroxylation is 3. The van der Waals surface area contributed by atoms with Gasteiger partial charge in [-0.15, -0.1) is 0 Å². The molecule has 0 unspecified atom stereocenters. The van der Waals surface area contributed by atoms with Crippen molar-refractivity contribution in [2.75, 3.05) is 7.11 Å². The van der Waals surface area contributed by atoms with Crippen LogP contribution in [0, 0.1) is 13.8 Å². The fourth-order valence-electron chi connectivity index (χ4n) is 2.10. The lowest BCUT2D eigenvalue weighted by Crippen LogP contribution is -2.23. The molecular formula is C14H16N2O2. The Bertz CT molecular complexity index is 645. The summed E-state index contributed by atoms with van der Waals surface area (Å²) >= 11 is 0. The summed E-state index contributed by atoms with van der Waals surface area (Å²) < 4.78 is 6.69. The van der Waals surface area contributed by atoms with Gasteiger partial charge in [0.05, 0.1) is 12.7 Å². The van der Waals surface area contributed by atoms with Crippen molar-refractivity contribution in [3.8, 4) is 16.9 Å². The average molecular weight is 244 g/mol. The molecule has 4 heteroatoms. The van der Waals surface area contributed by atoms with Crippen molar-refractivity contribution in [3.63, 3.8) is 0 Å². The number of benzene rings is 1. The van der Waals surface area contributed by atoms with E-state index in [1.54, 1.807) is 14.2 Å². The highest BCUT2D eigenvalue weighted by molar-refractivity contribution is 5.73. The molecule has 0 N–H and O–H groups in total. The van der Waals surface area contributed by atoms with Gasteiger partial charge in [0.25, 0.3) is 5.56 Å². The van der Waals surface area contributed by atoms with Crippen molar-refractivity contribution in [3.05, 3.63) is 45.9 Å². The van der Waals surface area contributed by atoms with Crippen LogP contribution < -0.4 is 10.3 Å². The third-order valence-electron chi connectivity index (χ3n) is 2.98. The van der Waals surface area contributed by atoms with Gasteiger partial charge in [0, 0.05) is 7.05 Å². The van der Waals surface area contributed by atoms with Crippen molar-refractivity contribution in [1.29, 1.82) is 0 Å². The summed E-state index contributed by atoms with van der Waals surface area (Å²) in [6.07, 6.45) is 0. The molecule has 0 amide bonds. The largest absolute Gasteiger partial charge is 0.494 e. The molecule has 0 radical (unpaired) electrons.